The molecular formula is C16H18BrNO5. The van der Waals surface area contributed by atoms with Crippen LogP contribution < -0.4 is 0 Å². The van der Waals surface area contributed by atoms with E-state index >= 15 is 0 Å². The molecule has 1 aliphatic rings. The average Bonchev–Trinajstić information content (AvgIpc) is 2.91. The molecule has 1 unspecified atom stereocenters. The molecule has 0 spiro atoms. The molecular weight excluding hydrogens is 366 g/mol. The number of likely N-dealkylation sites (tertiary alicyclic amines) is 1. The summed E-state index contributed by atoms with van der Waals surface area (Å²) in [7, 11) is 1.24. The number of halogens is 1. The number of methoxy groups -OCH3 is 1. The van der Waals surface area contributed by atoms with E-state index in [0.717, 1.165) is 4.47 Å². The first-order chi connectivity index (χ1) is 10.9. The van der Waals surface area contributed by atoms with Crippen LogP contribution in [0, 0.1) is 0 Å². The van der Waals surface area contributed by atoms with E-state index in [0.29, 0.717) is 5.56 Å². The Morgan fingerprint density at radius 2 is 2.13 bits per heavy atom. The van der Waals surface area contributed by atoms with Crippen molar-refractivity contribution in [3.05, 3.63) is 47.0 Å². The van der Waals surface area contributed by atoms with Crippen molar-refractivity contribution in [3.8, 4) is 0 Å². The second-order valence-electron chi connectivity index (χ2n) is 5.28. The minimum Gasteiger partial charge on any atom is -0.467 e. The number of amides is 1. The Morgan fingerprint density at radius 3 is 2.70 bits per heavy atom. The SMILES string of the molecule is C=CCOC(=O)N1C[C@](O)(c2ccc(Br)cc2)CC1C(=O)OC. The van der Waals surface area contributed by atoms with Gasteiger partial charge in [0.2, 0.25) is 0 Å². The predicted molar refractivity (Wildman–Crippen MR) is 86.7 cm³/mol. The van der Waals surface area contributed by atoms with Crippen LogP contribution in [0.4, 0.5) is 4.79 Å². The van der Waals surface area contributed by atoms with Gasteiger partial charge in [0, 0.05) is 10.9 Å². The van der Waals surface area contributed by atoms with Crippen LogP contribution in [0.1, 0.15) is 12.0 Å². The zero-order valence-electron chi connectivity index (χ0n) is 12.7. The van der Waals surface area contributed by atoms with Crippen molar-refractivity contribution >= 4 is 28.0 Å². The highest BCUT2D eigenvalue weighted by atomic mass is 79.9. The smallest absolute Gasteiger partial charge is 0.410 e. The summed E-state index contributed by atoms with van der Waals surface area (Å²) in [4.78, 5) is 25.3. The van der Waals surface area contributed by atoms with Crippen molar-refractivity contribution in [3.63, 3.8) is 0 Å². The molecule has 7 heteroatoms. The molecule has 1 saturated heterocycles. The standard InChI is InChI=1S/C16H18BrNO5/c1-3-8-23-15(20)18-10-16(21,9-13(18)14(19)22-2)11-4-6-12(17)7-5-11/h3-7,13,21H,1,8-10H2,2H3/t13?,16-/m0/s1. The van der Waals surface area contributed by atoms with Gasteiger partial charge in [-0.25, -0.2) is 9.59 Å². The third-order valence-electron chi connectivity index (χ3n) is 3.75. The predicted octanol–water partition coefficient (Wildman–Crippen LogP) is 2.21. The highest BCUT2D eigenvalue weighted by Crippen LogP contribution is 2.37. The molecule has 1 N–H and O–H groups in total. The third-order valence-corrected chi connectivity index (χ3v) is 4.28. The van der Waals surface area contributed by atoms with Gasteiger partial charge in [-0.2, -0.15) is 0 Å². The Hall–Kier alpha value is -1.86. The van der Waals surface area contributed by atoms with E-state index in [1.54, 1.807) is 24.3 Å². The van der Waals surface area contributed by atoms with Gasteiger partial charge in [-0.3, -0.25) is 4.90 Å². The Labute approximate surface area is 142 Å². The van der Waals surface area contributed by atoms with E-state index in [2.05, 4.69) is 22.5 Å². The van der Waals surface area contributed by atoms with Gasteiger partial charge in [-0.1, -0.05) is 40.7 Å². The zero-order valence-corrected chi connectivity index (χ0v) is 14.3. The zero-order chi connectivity index (χ0) is 17.0. The summed E-state index contributed by atoms with van der Waals surface area (Å²) >= 11 is 3.33. The molecule has 0 saturated carbocycles. The van der Waals surface area contributed by atoms with Gasteiger partial charge in [0.1, 0.15) is 18.2 Å². The molecule has 1 amide bonds. The highest BCUT2D eigenvalue weighted by Gasteiger charge is 2.50. The van der Waals surface area contributed by atoms with E-state index < -0.39 is 23.7 Å². The lowest BCUT2D eigenvalue weighted by Crippen LogP contribution is -2.41. The number of ether oxygens (including phenoxy) is 2. The van der Waals surface area contributed by atoms with Gasteiger partial charge in [0.25, 0.3) is 0 Å². The van der Waals surface area contributed by atoms with Crippen LogP contribution in [-0.4, -0.2) is 48.4 Å². The second kappa shape index (κ2) is 7.14. The van der Waals surface area contributed by atoms with E-state index in [9.17, 15) is 14.7 Å². The van der Waals surface area contributed by atoms with Crippen molar-refractivity contribution in [1.29, 1.82) is 0 Å². The minimum atomic E-state index is -1.34. The summed E-state index contributed by atoms with van der Waals surface area (Å²) in [6, 6.07) is 6.18. The number of rotatable bonds is 4. The monoisotopic (exact) mass is 383 g/mol. The van der Waals surface area contributed by atoms with Crippen LogP contribution in [0.2, 0.25) is 0 Å². The maximum Gasteiger partial charge on any atom is 0.410 e. The summed E-state index contributed by atoms with van der Waals surface area (Å²) in [5, 5.41) is 10.9. The number of β-amino-alcohol motifs (C(OH)–C–C–N with tert-alkyl or cyclic N) is 1. The lowest BCUT2D eigenvalue weighted by atomic mass is 9.91. The normalized spacial score (nSPS) is 23.4. The van der Waals surface area contributed by atoms with Crippen LogP contribution in [0.5, 0.6) is 0 Å². The first kappa shape index (κ1) is 17.5. The largest absolute Gasteiger partial charge is 0.467 e. The lowest BCUT2D eigenvalue weighted by Gasteiger charge is -2.23. The van der Waals surface area contributed by atoms with E-state index in [-0.39, 0.29) is 19.6 Å². The quantitative estimate of drug-likeness (QED) is 0.637. The summed E-state index contributed by atoms with van der Waals surface area (Å²) in [5.41, 5.74) is -0.721. The number of nitrogens with zero attached hydrogens (tertiary/aromatic N) is 1. The molecule has 0 aliphatic carbocycles. The van der Waals surface area contributed by atoms with E-state index in [1.807, 2.05) is 0 Å². The fourth-order valence-electron chi connectivity index (χ4n) is 2.61. The molecule has 1 aromatic carbocycles. The molecule has 1 fully saturated rings. The molecule has 0 radical (unpaired) electrons. The number of hydrogen-bond acceptors (Lipinski definition) is 5. The van der Waals surface area contributed by atoms with Crippen molar-refractivity contribution in [1.82, 2.24) is 4.90 Å². The first-order valence-corrected chi connectivity index (χ1v) is 7.81. The fourth-order valence-corrected chi connectivity index (χ4v) is 2.87. The van der Waals surface area contributed by atoms with Crippen molar-refractivity contribution in [2.45, 2.75) is 18.1 Å². The van der Waals surface area contributed by atoms with Crippen LogP contribution in [0.25, 0.3) is 0 Å². The van der Waals surface area contributed by atoms with E-state index in [1.165, 1.54) is 18.1 Å². The Morgan fingerprint density at radius 1 is 1.48 bits per heavy atom. The Balaban J connectivity index is 2.27. The Bertz CT molecular complexity index is 603. The summed E-state index contributed by atoms with van der Waals surface area (Å²) in [6.07, 6.45) is 0.792. The molecule has 1 aromatic rings. The van der Waals surface area contributed by atoms with E-state index in [4.69, 9.17) is 9.47 Å². The molecule has 1 aliphatic heterocycles. The molecule has 6 nitrogen and oxygen atoms in total. The fraction of sp³-hybridized carbons (Fsp3) is 0.375. The maximum absolute atomic E-state index is 12.1. The molecule has 124 valence electrons. The average molecular weight is 384 g/mol. The van der Waals surface area contributed by atoms with Crippen LogP contribution in [0.15, 0.2) is 41.4 Å². The molecule has 23 heavy (non-hydrogen) atoms. The van der Waals surface area contributed by atoms with Crippen molar-refractivity contribution in [2.75, 3.05) is 20.3 Å². The van der Waals surface area contributed by atoms with Crippen molar-refractivity contribution < 1.29 is 24.2 Å². The van der Waals surface area contributed by atoms with Crippen LogP contribution in [0.3, 0.4) is 0 Å². The van der Waals surface area contributed by atoms with Gasteiger partial charge in [-0.15, -0.1) is 0 Å². The van der Waals surface area contributed by atoms with Gasteiger partial charge in [-0.05, 0) is 17.7 Å². The maximum atomic E-state index is 12.1. The molecule has 0 aromatic heterocycles. The topological polar surface area (TPSA) is 76.1 Å². The van der Waals surface area contributed by atoms with Crippen LogP contribution in [-0.2, 0) is 19.9 Å². The number of benzene rings is 1. The van der Waals surface area contributed by atoms with Gasteiger partial charge in [0.15, 0.2) is 0 Å². The van der Waals surface area contributed by atoms with Gasteiger partial charge in [0.05, 0.1) is 13.7 Å². The van der Waals surface area contributed by atoms with Crippen molar-refractivity contribution in [2.24, 2.45) is 0 Å². The number of carbonyl (C=O) groups excluding carboxylic acids is 2. The minimum absolute atomic E-state index is 0.0277. The second-order valence-corrected chi connectivity index (χ2v) is 6.19. The van der Waals surface area contributed by atoms with Gasteiger partial charge >= 0.3 is 12.1 Å². The number of hydrogen-bond donors (Lipinski definition) is 1. The highest BCUT2D eigenvalue weighted by molar-refractivity contribution is 9.10. The molecule has 1 heterocycles. The summed E-state index contributed by atoms with van der Waals surface area (Å²) in [5.74, 6) is -0.589. The first-order valence-electron chi connectivity index (χ1n) is 7.02. The summed E-state index contributed by atoms with van der Waals surface area (Å²) < 4.78 is 10.6. The molecule has 2 atom stereocenters. The van der Waals surface area contributed by atoms with Crippen LogP contribution >= 0.6 is 15.9 Å². The molecule has 2 rings (SSSR count). The number of carbonyl (C=O) groups is 2. The van der Waals surface area contributed by atoms with Gasteiger partial charge < -0.3 is 14.6 Å². The lowest BCUT2D eigenvalue weighted by molar-refractivity contribution is -0.145. The Kier molecular flexibility index (Phi) is 5.43. The third kappa shape index (κ3) is 3.73. The summed E-state index contributed by atoms with van der Waals surface area (Å²) in [6.45, 7) is 3.45. The molecule has 0 bridgehead atoms. The number of aliphatic hydroxyl groups is 1. The number of esters is 1.